The molecule has 0 aliphatic carbocycles. The molecule has 2 aromatic rings. The zero-order valence-corrected chi connectivity index (χ0v) is 13.0. The fourth-order valence-electron chi connectivity index (χ4n) is 2.62. The van der Waals surface area contributed by atoms with Crippen molar-refractivity contribution in [2.45, 2.75) is 30.5 Å². The van der Waals surface area contributed by atoms with Gasteiger partial charge in [-0.2, -0.15) is 4.98 Å². The zero-order chi connectivity index (χ0) is 16.7. The predicted octanol–water partition coefficient (Wildman–Crippen LogP) is -0.916. The number of nitrogens with zero attached hydrogens (tertiary/aromatic N) is 4. The van der Waals surface area contributed by atoms with Crippen LogP contribution in [0.5, 0.6) is 0 Å². The molecule has 23 heavy (non-hydrogen) atoms. The molecule has 0 unspecified atom stereocenters. The van der Waals surface area contributed by atoms with Crippen LogP contribution in [-0.2, 0) is 10.6 Å². The Bertz CT molecular complexity index is 781. The summed E-state index contributed by atoms with van der Waals surface area (Å²) in [5.74, 6) is 0.261. The van der Waals surface area contributed by atoms with Crippen LogP contribution in [-0.4, -0.2) is 60.6 Å². The number of hydrogen-bond acceptors (Lipinski definition) is 8. The van der Waals surface area contributed by atoms with Crippen molar-refractivity contribution in [2.75, 3.05) is 18.6 Å². The second kappa shape index (κ2) is 6.07. The third-order valence-electron chi connectivity index (χ3n) is 3.71. The van der Waals surface area contributed by atoms with Gasteiger partial charge in [0.05, 0.1) is 18.7 Å². The number of aliphatic hydroxyl groups excluding tert-OH is 2. The molecule has 0 aromatic carbocycles. The summed E-state index contributed by atoms with van der Waals surface area (Å²) in [6.07, 6.45) is -2.71. The van der Waals surface area contributed by atoms with Crippen LogP contribution in [0.25, 0.3) is 11.2 Å². The second-order valence-corrected chi connectivity index (χ2v) is 5.95. The molecule has 1 aliphatic heterocycles. The van der Waals surface area contributed by atoms with Crippen molar-refractivity contribution in [1.82, 2.24) is 19.1 Å². The summed E-state index contributed by atoms with van der Waals surface area (Å²) in [7, 11) is 0. The Morgan fingerprint density at radius 1 is 1.57 bits per heavy atom. The van der Waals surface area contributed by atoms with Gasteiger partial charge in [-0.3, -0.25) is 4.57 Å². The molecule has 0 spiro atoms. The van der Waals surface area contributed by atoms with Gasteiger partial charge in [0.2, 0.25) is 5.95 Å². The normalized spacial score (nSPS) is 27.8. The summed E-state index contributed by atoms with van der Waals surface area (Å²) >= 11 is 1.40. The van der Waals surface area contributed by atoms with Crippen LogP contribution in [0.3, 0.4) is 0 Å². The Balaban J connectivity index is 2.19. The Morgan fingerprint density at radius 2 is 2.30 bits per heavy atom. The highest BCUT2D eigenvalue weighted by atomic mass is 32.2. The first kappa shape index (κ1) is 16.2. The largest absolute Gasteiger partial charge is 0.394 e. The number of thioether (sulfide) groups is 1. The Morgan fingerprint density at radius 3 is 2.91 bits per heavy atom. The second-order valence-electron chi connectivity index (χ2n) is 5.12. The number of aliphatic hydroxyl groups is 2. The lowest BCUT2D eigenvalue weighted by Gasteiger charge is -2.15. The highest BCUT2D eigenvalue weighted by Gasteiger charge is 2.46. The van der Waals surface area contributed by atoms with E-state index in [0.29, 0.717) is 11.4 Å². The average Bonchev–Trinajstić information content (AvgIpc) is 2.95. The minimum Gasteiger partial charge on any atom is -0.394 e. The molecular weight excluding hydrogens is 329 g/mol. The lowest BCUT2D eigenvalue weighted by atomic mass is 10.1. The third-order valence-corrected chi connectivity index (χ3v) is 4.22. The molecule has 126 valence electrons. The molecule has 1 aliphatic rings. The summed E-state index contributed by atoms with van der Waals surface area (Å²) in [5.41, 5.74) is 5.59. The van der Waals surface area contributed by atoms with Gasteiger partial charge >= 0.3 is 5.69 Å². The molecule has 0 radical (unpaired) electrons. The molecule has 3 heterocycles. The lowest BCUT2D eigenvalue weighted by Crippen LogP contribution is -2.34. The molecule has 1 saturated heterocycles. The van der Waals surface area contributed by atoms with Gasteiger partial charge in [-0.15, -0.1) is 11.8 Å². The highest BCUT2D eigenvalue weighted by molar-refractivity contribution is 7.97. The van der Waals surface area contributed by atoms with Crippen molar-refractivity contribution >= 4 is 28.9 Å². The molecule has 9 nitrogen and oxygen atoms in total. The van der Waals surface area contributed by atoms with Crippen LogP contribution in [0.15, 0.2) is 11.0 Å². The number of halogens is 1. The van der Waals surface area contributed by atoms with Crippen LogP contribution >= 0.6 is 11.8 Å². The van der Waals surface area contributed by atoms with E-state index >= 15 is 0 Å². The molecule has 11 heteroatoms. The van der Waals surface area contributed by atoms with Crippen LogP contribution in [0.4, 0.5) is 10.3 Å². The standard InChI is InChI=1S/C12H16FN5O4S/c1-23-4-17-5-2-15-11(14)16-9(5)18(12(17)21)10-8(20)7(13)6(3-19)22-10/h2,6-8,10,19-20H,3-4H2,1H3,(H2,14,15,16)/t6-,7-,8-,10-/m1/s1. The first-order valence-electron chi connectivity index (χ1n) is 6.80. The van der Waals surface area contributed by atoms with Crippen LogP contribution < -0.4 is 11.4 Å². The third kappa shape index (κ3) is 2.49. The Labute approximate surface area is 133 Å². The molecule has 3 rings (SSSR count). The number of fused-ring (bicyclic) bond motifs is 1. The highest BCUT2D eigenvalue weighted by Crippen LogP contribution is 2.32. The maximum absolute atomic E-state index is 14.0. The van der Waals surface area contributed by atoms with Crippen LogP contribution in [0.1, 0.15) is 6.23 Å². The first-order valence-corrected chi connectivity index (χ1v) is 8.19. The fourth-order valence-corrected chi connectivity index (χ4v) is 3.13. The summed E-state index contributed by atoms with van der Waals surface area (Å²) in [6.45, 7) is -0.607. The van der Waals surface area contributed by atoms with Crippen molar-refractivity contribution in [3.8, 4) is 0 Å². The summed E-state index contributed by atoms with van der Waals surface area (Å²) in [4.78, 5) is 20.5. The molecule has 1 fully saturated rings. The number of alkyl halides is 1. The van der Waals surface area contributed by atoms with Crippen molar-refractivity contribution in [3.63, 3.8) is 0 Å². The van der Waals surface area contributed by atoms with Crippen molar-refractivity contribution in [1.29, 1.82) is 0 Å². The van der Waals surface area contributed by atoms with Crippen molar-refractivity contribution < 1.29 is 19.3 Å². The SMILES string of the molecule is CSCn1c(=O)n([C@@H]2O[C@H](CO)[C@@H](F)[C@H]2O)c2nc(N)ncc21. The van der Waals surface area contributed by atoms with E-state index in [-0.39, 0.29) is 11.6 Å². The topological polar surface area (TPSA) is 128 Å². The van der Waals surface area contributed by atoms with Gasteiger partial charge in [0.1, 0.15) is 17.7 Å². The minimum atomic E-state index is -1.81. The molecule has 4 atom stereocenters. The average molecular weight is 345 g/mol. The predicted molar refractivity (Wildman–Crippen MR) is 81.6 cm³/mol. The fraction of sp³-hybridized carbons (Fsp3) is 0.583. The maximum Gasteiger partial charge on any atom is 0.333 e. The minimum absolute atomic E-state index is 0.0597. The van der Waals surface area contributed by atoms with Crippen molar-refractivity contribution in [3.05, 3.63) is 16.7 Å². The van der Waals surface area contributed by atoms with Gasteiger partial charge in [-0.1, -0.05) is 0 Å². The number of imidazole rings is 1. The van der Waals surface area contributed by atoms with Gasteiger partial charge in [-0.25, -0.2) is 18.7 Å². The first-order chi connectivity index (χ1) is 11.0. The molecule has 2 aromatic heterocycles. The van der Waals surface area contributed by atoms with Crippen LogP contribution in [0.2, 0.25) is 0 Å². The summed E-state index contributed by atoms with van der Waals surface area (Å²) in [6, 6.07) is 0. The number of ether oxygens (including phenoxy) is 1. The van der Waals surface area contributed by atoms with E-state index in [1.165, 1.54) is 22.5 Å². The monoisotopic (exact) mass is 345 g/mol. The quantitative estimate of drug-likeness (QED) is 0.649. The number of hydrogen-bond donors (Lipinski definition) is 3. The van der Waals surface area contributed by atoms with E-state index in [1.807, 2.05) is 6.26 Å². The van der Waals surface area contributed by atoms with Gasteiger partial charge in [0.15, 0.2) is 18.0 Å². The smallest absolute Gasteiger partial charge is 0.333 e. The zero-order valence-electron chi connectivity index (χ0n) is 12.2. The van der Waals surface area contributed by atoms with E-state index in [0.717, 1.165) is 4.57 Å². The van der Waals surface area contributed by atoms with E-state index in [9.17, 15) is 14.3 Å². The van der Waals surface area contributed by atoms with E-state index < -0.39 is 36.9 Å². The van der Waals surface area contributed by atoms with Gasteiger partial charge in [0, 0.05) is 0 Å². The number of nitrogens with two attached hydrogens (primary N) is 1. The van der Waals surface area contributed by atoms with Gasteiger partial charge in [-0.05, 0) is 6.26 Å². The Hall–Kier alpha value is -1.69. The molecule has 0 amide bonds. The molecule has 0 bridgehead atoms. The van der Waals surface area contributed by atoms with Crippen molar-refractivity contribution in [2.24, 2.45) is 0 Å². The number of rotatable bonds is 4. The number of aromatic nitrogens is 4. The van der Waals surface area contributed by atoms with Crippen LogP contribution in [0, 0.1) is 0 Å². The Kier molecular flexibility index (Phi) is 4.27. The maximum atomic E-state index is 14.0. The van der Waals surface area contributed by atoms with E-state index in [1.54, 1.807) is 0 Å². The molecule has 4 N–H and O–H groups in total. The van der Waals surface area contributed by atoms with E-state index in [4.69, 9.17) is 15.6 Å². The summed E-state index contributed by atoms with van der Waals surface area (Å²) < 4.78 is 21.7. The molecule has 0 saturated carbocycles. The number of nitrogen functional groups attached to an aromatic ring is 1. The lowest BCUT2D eigenvalue weighted by molar-refractivity contribution is -0.0513. The molecular formula is C12H16FN5O4S. The summed E-state index contributed by atoms with van der Waals surface area (Å²) in [5, 5.41) is 19.2. The van der Waals surface area contributed by atoms with E-state index in [2.05, 4.69) is 9.97 Å². The number of anilines is 1. The van der Waals surface area contributed by atoms with Gasteiger partial charge in [0.25, 0.3) is 0 Å². The van der Waals surface area contributed by atoms with Gasteiger partial charge < -0.3 is 20.7 Å².